The molecule has 1 aliphatic carbocycles. The van der Waals surface area contributed by atoms with Crippen LogP contribution in [0.15, 0.2) is 30.3 Å². The minimum atomic E-state index is -0.0600. The molecule has 2 fully saturated rings. The summed E-state index contributed by atoms with van der Waals surface area (Å²) in [6, 6.07) is 11.1. The number of carbonyl (C=O) groups excluding carboxylic acids is 1. The van der Waals surface area contributed by atoms with E-state index in [-0.39, 0.29) is 12.1 Å². The Hall–Kier alpha value is -1.99. The number of likely N-dealkylation sites (N-methyl/N-ethyl adjacent to an activating group) is 1. The number of hydrogen-bond acceptors (Lipinski definition) is 5. The van der Waals surface area contributed by atoms with Crippen molar-refractivity contribution in [2.24, 2.45) is 0 Å². The van der Waals surface area contributed by atoms with Gasteiger partial charge in [-0.1, -0.05) is 41.7 Å². The Balaban J connectivity index is 1.36. The zero-order valence-corrected chi connectivity index (χ0v) is 16.8. The van der Waals surface area contributed by atoms with Crippen LogP contribution in [0, 0.1) is 0 Å². The zero-order chi connectivity index (χ0) is 18.8. The number of amides is 2. The second kappa shape index (κ2) is 7.94. The minimum Gasteiger partial charge on any atom is -0.320 e. The van der Waals surface area contributed by atoms with Gasteiger partial charge in [-0.25, -0.2) is 4.79 Å². The van der Waals surface area contributed by atoms with Crippen LogP contribution in [0.4, 0.5) is 9.93 Å². The quantitative estimate of drug-likeness (QED) is 0.813. The van der Waals surface area contributed by atoms with Gasteiger partial charge in [-0.2, -0.15) is 0 Å². The molecule has 2 atom stereocenters. The number of likely N-dealkylation sites (tertiary alicyclic amines) is 1. The van der Waals surface area contributed by atoms with Gasteiger partial charge >= 0.3 is 6.03 Å². The van der Waals surface area contributed by atoms with E-state index in [0.29, 0.717) is 23.6 Å². The molecule has 2 aliphatic rings. The lowest BCUT2D eigenvalue weighted by Crippen LogP contribution is -2.44. The molecule has 0 spiro atoms. The largest absolute Gasteiger partial charge is 0.323 e. The molecule has 7 heteroatoms. The van der Waals surface area contributed by atoms with Gasteiger partial charge in [0.1, 0.15) is 5.01 Å². The molecule has 0 unspecified atom stereocenters. The Morgan fingerprint density at radius 2 is 2.07 bits per heavy atom. The molecule has 0 radical (unpaired) electrons. The van der Waals surface area contributed by atoms with Crippen molar-refractivity contribution >= 4 is 22.5 Å². The summed E-state index contributed by atoms with van der Waals surface area (Å²) in [5, 5.41) is 13.0. The fourth-order valence-corrected chi connectivity index (χ4v) is 4.73. The molecular weight excluding hydrogens is 358 g/mol. The molecule has 1 N–H and O–H groups in total. The van der Waals surface area contributed by atoms with Crippen LogP contribution in [0.3, 0.4) is 0 Å². The summed E-state index contributed by atoms with van der Waals surface area (Å²) in [5.41, 5.74) is 1.33. The predicted molar refractivity (Wildman–Crippen MR) is 108 cm³/mol. The fourth-order valence-electron chi connectivity index (χ4n) is 3.83. The Bertz CT molecular complexity index is 776. The van der Waals surface area contributed by atoms with Crippen molar-refractivity contribution in [3.63, 3.8) is 0 Å². The van der Waals surface area contributed by atoms with Crippen LogP contribution < -0.4 is 5.32 Å². The van der Waals surface area contributed by atoms with E-state index in [0.717, 1.165) is 24.5 Å². The van der Waals surface area contributed by atoms with E-state index in [1.807, 2.05) is 17.9 Å². The SMILES string of the molecule is CCN(C(=O)Nc1nnc(C2CC2)s1)[C@@H]1CCN([C@H](C)c2ccccc2)C1. The first kappa shape index (κ1) is 18.4. The first-order chi connectivity index (χ1) is 13.2. The van der Waals surface area contributed by atoms with Crippen molar-refractivity contribution in [2.45, 2.75) is 51.1 Å². The molecule has 6 nitrogen and oxygen atoms in total. The van der Waals surface area contributed by atoms with Gasteiger partial charge in [-0.15, -0.1) is 10.2 Å². The van der Waals surface area contributed by atoms with Crippen LogP contribution >= 0.6 is 11.3 Å². The maximum Gasteiger partial charge on any atom is 0.323 e. The minimum absolute atomic E-state index is 0.0600. The highest BCUT2D eigenvalue weighted by atomic mass is 32.1. The highest BCUT2D eigenvalue weighted by Gasteiger charge is 2.33. The number of hydrogen-bond donors (Lipinski definition) is 1. The highest BCUT2D eigenvalue weighted by Crippen LogP contribution is 2.42. The number of urea groups is 1. The molecule has 27 heavy (non-hydrogen) atoms. The number of rotatable bonds is 6. The molecule has 2 amide bonds. The number of benzene rings is 1. The maximum absolute atomic E-state index is 12.8. The average molecular weight is 386 g/mol. The van der Waals surface area contributed by atoms with Crippen LogP contribution in [0.25, 0.3) is 0 Å². The number of anilines is 1. The van der Waals surface area contributed by atoms with Crippen LogP contribution in [-0.4, -0.2) is 51.7 Å². The molecule has 2 heterocycles. The van der Waals surface area contributed by atoms with E-state index in [1.165, 1.54) is 29.7 Å². The van der Waals surface area contributed by atoms with Gasteiger partial charge in [-0.3, -0.25) is 10.2 Å². The Labute approximate surface area is 164 Å². The van der Waals surface area contributed by atoms with Gasteiger partial charge in [-0.05, 0) is 38.7 Å². The monoisotopic (exact) mass is 385 g/mol. The average Bonchev–Trinajstić information content (AvgIpc) is 3.24. The fraction of sp³-hybridized carbons (Fsp3) is 0.550. The van der Waals surface area contributed by atoms with Gasteiger partial charge in [0.15, 0.2) is 0 Å². The third-order valence-corrected chi connectivity index (χ3v) is 6.65. The van der Waals surface area contributed by atoms with Crippen molar-refractivity contribution < 1.29 is 4.79 Å². The molecule has 2 aromatic rings. The van der Waals surface area contributed by atoms with E-state index in [4.69, 9.17) is 0 Å². The predicted octanol–water partition coefficient (Wildman–Crippen LogP) is 4.10. The molecule has 1 saturated carbocycles. The van der Waals surface area contributed by atoms with Gasteiger partial charge in [0, 0.05) is 37.6 Å². The Morgan fingerprint density at radius 3 is 2.78 bits per heavy atom. The second-order valence-corrected chi connectivity index (χ2v) is 8.47. The number of carbonyl (C=O) groups is 1. The van der Waals surface area contributed by atoms with Crippen molar-refractivity contribution in [3.8, 4) is 0 Å². The lowest BCUT2D eigenvalue weighted by atomic mass is 10.1. The van der Waals surface area contributed by atoms with Gasteiger partial charge < -0.3 is 4.90 Å². The van der Waals surface area contributed by atoms with Crippen LogP contribution in [0.1, 0.15) is 55.6 Å². The maximum atomic E-state index is 12.8. The van der Waals surface area contributed by atoms with Crippen LogP contribution in [0.5, 0.6) is 0 Å². The van der Waals surface area contributed by atoms with E-state index in [2.05, 4.69) is 51.6 Å². The smallest absolute Gasteiger partial charge is 0.320 e. The van der Waals surface area contributed by atoms with Crippen molar-refractivity contribution in [2.75, 3.05) is 25.0 Å². The van der Waals surface area contributed by atoms with E-state index >= 15 is 0 Å². The molecule has 1 aromatic carbocycles. The molecule has 4 rings (SSSR count). The topological polar surface area (TPSA) is 61.4 Å². The molecule has 144 valence electrons. The van der Waals surface area contributed by atoms with E-state index in [1.54, 1.807) is 0 Å². The summed E-state index contributed by atoms with van der Waals surface area (Å²) in [4.78, 5) is 17.2. The molecular formula is C20H27N5OS. The lowest BCUT2D eigenvalue weighted by molar-refractivity contribution is 0.184. The van der Waals surface area contributed by atoms with E-state index in [9.17, 15) is 4.79 Å². The van der Waals surface area contributed by atoms with Crippen molar-refractivity contribution in [3.05, 3.63) is 40.9 Å². The Morgan fingerprint density at radius 1 is 1.30 bits per heavy atom. The summed E-state index contributed by atoms with van der Waals surface area (Å²) in [7, 11) is 0. The molecule has 1 aliphatic heterocycles. The standard InChI is InChI=1S/C20H27N5OS/c1-3-25(20(26)21-19-23-22-18(27-19)16-9-10-16)17-11-12-24(13-17)14(2)15-7-5-4-6-8-15/h4-8,14,16-17H,3,9-13H2,1-2H3,(H,21,23,26)/t14-,17-/m1/s1. The normalized spacial score (nSPS) is 21.2. The summed E-state index contributed by atoms with van der Waals surface area (Å²) < 4.78 is 0. The van der Waals surface area contributed by atoms with Crippen molar-refractivity contribution in [1.29, 1.82) is 0 Å². The third kappa shape index (κ3) is 4.14. The molecule has 0 bridgehead atoms. The van der Waals surface area contributed by atoms with Gasteiger partial charge in [0.2, 0.25) is 5.13 Å². The first-order valence-electron chi connectivity index (χ1n) is 9.85. The molecule has 1 saturated heterocycles. The number of aromatic nitrogens is 2. The number of nitrogens with zero attached hydrogens (tertiary/aromatic N) is 4. The van der Waals surface area contributed by atoms with Crippen molar-refractivity contribution in [1.82, 2.24) is 20.0 Å². The van der Waals surface area contributed by atoms with Crippen LogP contribution in [0.2, 0.25) is 0 Å². The summed E-state index contributed by atoms with van der Waals surface area (Å²) in [6.45, 7) is 6.89. The Kier molecular flexibility index (Phi) is 5.41. The van der Waals surface area contributed by atoms with Crippen LogP contribution in [-0.2, 0) is 0 Å². The van der Waals surface area contributed by atoms with E-state index < -0.39 is 0 Å². The summed E-state index contributed by atoms with van der Waals surface area (Å²) in [5.74, 6) is 0.568. The lowest BCUT2D eigenvalue weighted by Gasteiger charge is -2.29. The third-order valence-electron chi connectivity index (χ3n) is 5.65. The van der Waals surface area contributed by atoms with Gasteiger partial charge in [0.25, 0.3) is 0 Å². The first-order valence-corrected chi connectivity index (χ1v) is 10.7. The number of nitrogens with one attached hydrogen (secondary N) is 1. The second-order valence-electron chi connectivity index (χ2n) is 7.46. The zero-order valence-electron chi connectivity index (χ0n) is 16.0. The summed E-state index contributed by atoms with van der Waals surface area (Å²) >= 11 is 1.51. The van der Waals surface area contributed by atoms with Gasteiger partial charge in [0.05, 0.1) is 0 Å². The molecule has 1 aromatic heterocycles. The highest BCUT2D eigenvalue weighted by molar-refractivity contribution is 7.15. The summed E-state index contributed by atoms with van der Waals surface area (Å²) in [6.07, 6.45) is 3.39.